The average molecular weight is 351 g/mol. The van der Waals surface area contributed by atoms with Gasteiger partial charge in [0.1, 0.15) is 12.9 Å². The van der Waals surface area contributed by atoms with Crippen LogP contribution in [0.15, 0.2) is 30.3 Å². The molecule has 1 amide bonds. The number of alkyl carbamates (subject to hydrolysis) is 1. The molecule has 0 heterocycles. The first-order chi connectivity index (χ1) is 11.7. The van der Waals surface area contributed by atoms with Crippen molar-refractivity contribution in [2.75, 3.05) is 5.75 Å². The van der Waals surface area contributed by atoms with Crippen LogP contribution >= 0.6 is 12.6 Å². The Hall–Kier alpha value is -1.82. The molecule has 1 rings (SSSR count). The van der Waals surface area contributed by atoms with Crippen LogP contribution in [0.3, 0.4) is 0 Å². The van der Waals surface area contributed by atoms with Gasteiger partial charge in [-0.2, -0.15) is 12.6 Å². The van der Waals surface area contributed by atoms with Crippen LogP contribution in [-0.4, -0.2) is 30.0 Å². The van der Waals surface area contributed by atoms with Crippen LogP contribution in [0.1, 0.15) is 44.1 Å². The zero-order valence-electron chi connectivity index (χ0n) is 13.8. The number of hydrogen-bond acceptors (Lipinski definition) is 5. The van der Waals surface area contributed by atoms with Crippen LogP contribution in [0.4, 0.5) is 4.79 Å². The van der Waals surface area contributed by atoms with Crippen LogP contribution in [0.5, 0.6) is 0 Å². The third-order valence-electron chi connectivity index (χ3n) is 3.56. The maximum atomic E-state index is 12.2. The zero-order chi connectivity index (χ0) is 17.6. The second kappa shape index (κ2) is 12.6. The normalized spacial score (nSPS) is 11.5. The molecule has 0 fully saturated rings. The molecule has 1 atom stereocenters. The molecule has 0 saturated heterocycles. The van der Waals surface area contributed by atoms with E-state index >= 15 is 0 Å². The van der Waals surface area contributed by atoms with E-state index in [0.717, 1.165) is 31.1 Å². The second-order valence-corrected chi connectivity index (χ2v) is 5.95. The van der Waals surface area contributed by atoms with Crippen molar-refractivity contribution in [1.82, 2.24) is 5.32 Å². The van der Waals surface area contributed by atoms with Crippen molar-refractivity contribution in [1.29, 1.82) is 0 Å². The van der Waals surface area contributed by atoms with Crippen LogP contribution in [0.25, 0.3) is 0 Å². The fourth-order valence-corrected chi connectivity index (χ4v) is 2.49. The van der Waals surface area contributed by atoms with Crippen molar-refractivity contribution in [2.45, 2.75) is 51.2 Å². The molecular formula is C18H25NO4S. The Morgan fingerprint density at radius 3 is 2.58 bits per heavy atom. The summed E-state index contributed by atoms with van der Waals surface area (Å²) in [5, 5.41) is 2.62. The van der Waals surface area contributed by atoms with E-state index in [4.69, 9.17) is 4.74 Å². The smallest absolute Gasteiger partial charge is 0.408 e. The van der Waals surface area contributed by atoms with Gasteiger partial charge < -0.3 is 14.8 Å². The van der Waals surface area contributed by atoms with Crippen molar-refractivity contribution in [3.63, 3.8) is 0 Å². The third kappa shape index (κ3) is 8.72. The monoisotopic (exact) mass is 351 g/mol. The van der Waals surface area contributed by atoms with E-state index in [-0.39, 0.29) is 12.4 Å². The fourth-order valence-electron chi connectivity index (χ4n) is 2.23. The molecule has 132 valence electrons. The highest BCUT2D eigenvalue weighted by Gasteiger charge is 2.20. The Morgan fingerprint density at radius 1 is 1.17 bits per heavy atom. The van der Waals surface area contributed by atoms with E-state index < -0.39 is 12.1 Å². The molecule has 1 aromatic carbocycles. The summed E-state index contributed by atoms with van der Waals surface area (Å²) in [6.45, 7) is 0.167. The van der Waals surface area contributed by atoms with Crippen molar-refractivity contribution in [3.05, 3.63) is 35.9 Å². The van der Waals surface area contributed by atoms with Crippen molar-refractivity contribution < 1.29 is 19.1 Å². The lowest BCUT2D eigenvalue weighted by Gasteiger charge is -2.16. The number of ketones is 1. The van der Waals surface area contributed by atoms with Crippen LogP contribution in [0.2, 0.25) is 0 Å². The molecule has 0 aliphatic heterocycles. The van der Waals surface area contributed by atoms with Gasteiger partial charge in [0.15, 0.2) is 5.78 Å². The summed E-state index contributed by atoms with van der Waals surface area (Å²) in [6, 6.07) is 8.78. The maximum Gasteiger partial charge on any atom is 0.408 e. The lowest BCUT2D eigenvalue weighted by Crippen LogP contribution is -2.41. The molecule has 0 aromatic heterocycles. The molecule has 5 nitrogen and oxygen atoms in total. The van der Waals surface area contributed by atoms with Gasteiger partial charge in [0.25, 0.3) is 0 Å². The van der Waals surface area contributed by atoms with Gasteiger partial charge in [-0.05, 0) is 30.6 Å². The first-order valence-corrected chi connectivity index (χ1v) is 8.85. The summed E-state index contributed by atoms with van der Waals surface area (Å²) in [7, 11) is 0. The number of benzene rings is 1. The molecule has 0 aliphatic rings. The minimum absolute atomic E-state index is 0.0215. The highest BCUT2D eigenvalue weighted by molar-refractivity contribution is 7.80. The molecule has 0 aliphatic carbocycles. The molecule has 24 heavy (non-hydrogen) atoms. The molecule has 6 heteroatoms. The summed E-state index contributed by atoms with van der Waals surface area (Å²) in [6.07, 6.45) is 4.01. The summed E-state index contributed by atoms with van der Waals surface area (Å²) in [4.78, 5) is 34.3. The van der Waals surface area contributed by atoms with Crippen molar-refractivity contribution >= 4 is 30.8 Å². The number of ether oxygens (including phenoxy) is 1. The lowest BCUT2D eigenvalue weighted by atomic mass is 10.0. The van der Waals surface area contributed by atoms with Gasteiger partial charge in [0.05, 0.1) is 6.04 Å². The SMILES string of the molecule is O=CCCCCCC(=O)[C@H](CCS)NC(=O)OCc1ccccc1. The second-order valence-electron chi connectivity index (χ2n) is 5.50. The van der Waals surface area contributed by atoms with Gasteiger partial charge in [-0.15, -0.1) is 0 Å². The summed E-state index contributed by atoms with van der Waals surface area (Å²) >= 11 is 4.14. The Kier molecular flexibility index (Phi) is 10.6. The maximum absolute atomic E-state index is 12.2. The Balaban J connectivity index is 2.35. The largest absolute Gasteiger partial charge is 0.445 e. The number of aldehydes is 1. The molecular weight excluding hydrogens is 326 g/mol. The van der Waals surface area contributed by atoms with E-state index in [1.165, 1.54) is 0 Å². The number of unbranched alkanes of at least 4 members (excludes halogenated alkanes) is 3. The van der Waals surface area contributed by atoms with Crippen LogP contribution in [0, 0.1) is 0 Å². The minimum Gasteiger partial charge on any atom is -0.445 e. The molecule has 1 N–H and O–H groups in total. The van der Waals surface area contributed by atoms with Gasteiger partial charge in [-0.3, -0.25) is 4.79 Å². The minimum atomic E-state index is -0.597. The summed E-state index contributed by atoms with van der Waals surface area (Å²) in [5.74, 6) is 0.479. The molecule has 0 bridgehead atoms. The van der Waals surface area contributed by atoms with Crippen LogP contribution < -0.4 is 5.32 Å². The number of Topliss-reactive ketones (excluding diaryl/α,β-unsaturated/α-hetero) is 1. The van der Waals surface area contributed by atoms with Gasteiger partial charge in [-0.25, -0.2) is 4.79 Å². The predicted molar refractivity (Wildman–Crippen MR) is 96.2 cm³/mol. The molecule has 0 saturated carbocycles. The average Bonchev–Trinajstić information content (AvgIpc) is 2.60. The molecule has 0 unspecified atom stereocenters. The van der Waals surface area contributed by atoms with E-state index in [0.29, 0.717) is 25.0 Å². The zero-order valence-corrected chi connectivity index (χ0v) is 14.7. The van der Waals surface area contributed by atoms with Crippen molar-refractivity contribution in [2.24, 2.45) is 0 Å². The number of nitrogens with one attached hydrogen (secondary N) is 1. The Bertz CT molecular complexity index is 507. The topological polar surface area (TPSA) is 72.5 Å². The standard InChI is InChI=1S/C18H25NO4S/c20-12-7-2-1-6-10-17(21)16(11-13-24)19-18(22)23-14-15-8-4-3-5-9-15/h3-5,8-9,12,16,24H,1-2,6-7,10-11,13-14H2,(H,19,22)/t16-/m0/s1. The number of amides is 1. The number of carbonyl (C=O) groups excluding carboxylic acids is 3. The van der Waals surface area contributed by atoms with Crippen molar-refractivity contribution in [3.8, 4) is 0 Å². The van der Waals surface area contributed by atoms with Crippen LogP contribution in [-0.2, 0) is 20.9 Å². The van der Waals surface area contributed by atoms with E-state index in [1.807, 2.05) is 30.3 Å². The van der Waals surface area contributed by atoms with Gasteiger partial charge in [0.2, 0.25) is 0 Å². The first kappa shape index (κ1) is 20.2. The number of hydrogen-bond donors (Lipinski definition) is 2. The number of carbonyl (C=O) groups is 3. The molecule has 0 radical (unpaired) electrons. The molecule has 1 aromatic rings. The summed E-state index contributed by atoms with van der Waals surface area (Å²) < 4.78 is 5.15. The van der Waals surface area contributed by atoms with E-state index in [9.17, 15) is 14.4 Å². The Labute approximate surface area is 148 Å². The molecule has 0 spiro atoms. The summed E-state index contributed by atoms with van der Waals surface area (Å²) in [5.41, 5.74) is 0.889. The number of thiol groups is 1. The third-order valence-corrected chi connectivity index (χ3v) is 3.81. The van der Waals surface area contributed by atoms with Gasteiger partial charge in [0, 0.05) is 12.8 Å². The highest BCUT2D eigenvalue weighted by Crippen LogP contribution is 2.08. The lowest BCUT2D eigenvalue weighted by molar-refractivity contribution is -0.121. The fraction of sp³-hybridized carbons (Fsp3) is 0.500. The first-order valence-electron chi connectivity index (χ1n) is 8.21. The van der Waals surface area contributed by atoms with E-state index in [1.54, 1.807) is 0 Å². The van der Waals surface area contributed by atoms with Gasteiger partial charge in [-0.1, -0.05) is 36.8 Å². The Morgan fingerprint density at radius 2 is 1.92 bits per heavy atom. The predicted octanol–water partition coefficient (Wildman–Crippen LogP) is 3.32. The quantitative estimate of drug-likeness (QED) is 0.344. The number of rotatable bonds is 12. The van der Waals surface area contributed by atoms with Gasteiger partial charge >= 0.3 is 6.09 Å². The van der Waals surface area contributed by atoms with E-state index in [2.05, 4.69) is 17.9 Å². The highest BCUT2D eigenvalue weighted by atomic mass is 32.1.